The molecule has 0 aliphatic rings. The standard InChI is InChI=1S/C36H41N3O5S/c1-6-28(4)37-36(41)29(5)38(24-30-12-10-11-27(3)23-30)35(40)25-39(45(42,43)34-21-15-26(2)16-22-34)31-17-19-33(20-18-31)44-32-13-8-7-9-14-32/h7-23,28-29H,6,24-25H2,1-5H3,(H,37,41). The van der Waals surface area contributed by atoms with Gasteiger partial charge in [0, 0.05) is 12.6 Å². The van der Waals surface area contributed by atoms with Crippen LogP contribution in [0.25, 0.3) is 0 Å². The van der Waals surface area contributed by atoms with Crippen molar-refractivity contribution in [3.8, 4) is 11.5 Å². The number of rotatable bonds is 13. The van der Waals surface area contributed by atoms with Gasteiger partial charge in [-0.05, 0) is 88.2 Å². The summed E-state index contributed by atoms with van der Waals surface area (Å²) in [5.74, 6) is 0.339. The van der Waals surface area contributed by atoms with Crippen LogP contribution < -0.4 is 14.4 Å². The van der Waals surface area contributed by atoms with Crippen molar-refractivity contribution in [2.75, 3.05) is 10.8 Å². The zero-order chi connectivity index (χ0) is 32.6. The number of hydrogen-bond donors (Lipinski definition) is 1. The first-order valence-electron chi connectivity index (χ1n) is 15.1. The summed E-state index contributed by atoms with van der Waals surface area (Å²) in [6, 6.07) is 29.1. The number of carbonyl (C=O) groups excluding carboxylic acids is 2. The second kappa shape index (κ2) is 14.9. The molecular weight excluding hydrogens is 586 g/mol. The van der Waals surface area contributed by atoms with Crippen molar-refractivity contribution in [3.63, 3.8) is 0 Å². The van der Waals surface area contributed by atoms with Crippen LogP contribution in [0.15, 0.2) is 108 Å². The first kappa shape index (κ1) is 33.3. The van der Waals surface area contributed by atoms with Gasteiger partial charge in [0.2, 0.25) is 11.8 Å². The van der Waals surface area contributed by atoms with E-state index in [0.717, 1.165) is 27.4 Å². The van der Waals surface area contributed by atoms with Crippen LogP contribution in [0.1, 0.15) is 43.9 Å². The van der Waals surface area contributed by atoms with Crippen LogP contribution in [0.4, 0.5) is 5.69 Å². The van der Waals surface area contributed by atoms with Gasteiger partial charge in [-0.3, -0.25) is 13.9 Å². The molecule has 0 heterocycles. The highest BCUT2D eigenvalue weighted by Crippen LogP contribution is 2.29. The minimum absolute atomic E-state index is 0.0540. The molecule has 0 radical (unpaired) electrons. The zero-order valence-electron chi connectivity index (χ0n) is 26.4. The molecule has 2 unspecified atom stereocenters. The number of nitrogens with one attached hydrogen (secondary N) is 1. The van der Waals surface area contributed by atoms with Gasteiger partial charge in [0.05, 0.1) is 10.6 Å². The monoisotopic (exact) mass is 627 g/mol. The molecule has 4 aromatic carbocycles. The summed E-state index contributed by atoms with van der Waals surface area (Å²) in [5, 5.41) is 2.96. The van der Waals surface area contributed by atoms with E-state index in [1.165, 1.54) is 17.0 Å². The van der Waals surface area contributed by atoms with Crippen molar-refractivity contribution >= 4 is 27.5 Å². The SMILES string of the molecule is CCC(C)NC(=O)C(C)N(Cc1cccc(C)c1)C(=O)CN(c1ccc(Oc2ccccc2)cc1)S(=O)(=O)c1ccc(C)cc1. The molecule has 2 amide bonds. The van der Waals surface area contributed by atoms with Crippen molar-refractivity contribution in [2.24, 2.45) is 0 Å². The molecule has 4 rings (SSSR count). The summed E-state index contributed by atoms with van der Waals surface area (Å²) < 4.78 is 35.2. The predicted molar refractivity (Wildman–Crippen MR) is 178 cm³/mol. The van der Waals surface area contributed by atoms with Crippen molar-refractivity contribution in [3.05, 3.63) is 120 Å². The number of nitrogens with zero attached hydrogens (tertiary/aromatic N) is 2. The number of para-hydroxylation sites is 1. The van der Waals surface area contributed by atoms with Crippen molar-refractivity contribution < 1.29 is 22.7 Å². The largest absolute Gasteiger partial charge is 0.457 e. The van der Waals surface area contributed by atoms with E-state index in [-0.39, 0.29) is 29.1 Å². The molecule has 0 aliphatic heterocycles. The van der Waals surface area contributed by atoms with Gasteiger partial charge in [-0.1, -0.05) is 72.6 Å². The summed E-state index contributed by atoms with van der Waals surface area (Å²) in [6.07, 6.45) is 0.733. The second-order valence-corrected chi connectivity index (χ2v) is 13.1. The lowest BCUT2D eigenvalue weighted by atomic mass is 10.1. The Morgan fingerprint density at radius 3 is 2.07 bits per heavy atom. The third kappa shape index (κ3) is 8.73. The molecule has 1 N–H and O–H groups in total. The van der Waals surface area contributed by atoms with Crippen LogP contribution in [0, 0.1) is 13.8 Å². The van der Waals surface area contributed by atoms with E-state index in [4.69, 9.17) is 4.74 Å². The molecule has 9 heteroatoms. The molecule has 0 aliphatic carbocycles. The first-order chi connectivity index (χ1) is 21.5. The average molecular weight is 628 g/mol. The third-order valence-electron chi connectivity index (χ3n) is 7.60. The quantitative estimate of drug-likeness (QED) is 0.180. The maximum atomic E-state index is 14.2. The van der Waals surface area contributed by atoms with E-state index in [1.807, 2.05) is 82.3 Å². The van der Waals surface area contributed by atoms with Crippen LogP contribution >= 0.6 is 0 Å². The van der Waals surface area contributed by atoms with Crippen molar-refractivity contribution in [2.45, 2.75) is 64.6 Å². The molecule has 0 saturated heterocycles. The number of ether oxygens (including phenoxy) is 1. The first-order valence-corrected chi connectivity index (χ1v) is 16.5. The normalized spacial score (nSPS) is 12.6. The Hall–Kier alpha value is -4.63. The minimum Gasteiger partial charge on any atom is -0.457 e. The van der Waals surface area contributed by atoms with E-state index in [0.29, 0.717) is 11.5 Å². The molecule has 2 atom stereocenters. The Bertz CT molecular complexity index is 1690. The number of amides is 2. The lowest BCUT2D eigenvalue weighted by Gasteiger charge is -2.32. The lowest BCUT2D eigenvalue weighted by molar-refractivity contribution is -0.139. The topological polar surface area (TPSA) is 96.0 Å². The van der Waals surface area contributed by atoms with Crippen LogP contribution in [0.5, 0.6) is 11.5 Å². The molecule has 4 aromatic rings. The van der Waals surface area contributed by atoms with E-state index in [1.54, 1.807) is 43.3 Å². The molecule has 45 heavy (non-hydrogen) atoms. The Morgan fingerprint density at radius 1 is 0.800 bits per heavy atom. The Labute approximate surface area is 266 Å². The lowest BCUT2D eigenvalue weighted by Crippen LogP contribution is -2.52. The van der Waals surface area contributed by atoms with Gasteiger partial charge >= 0.3 is 0 Å². The van der Waals surface area contributed by atoms with Crippen LogP contribution in [-0.4, -0.2) is 43.8 Å². The van der Waals surface area contributed by atoms with Gasteiger partial charge in [-0.25, -0.2) is 8.42 Å². The van der Waals surface area contributed by atoms with E-state index >= 15 is 0 Å². The van der Waals surface area contributed by atoms with Crippen LogP contribution in [0.3, 0.4) is 0 Å². The zero-order valence-corrected chi connectivity index (χ0v) is 27.3. The molecule has 0 bridgehead atoms. The number of anilines is 1. The summed E-state index contributed by atoms with van der Waals surface area (Å²) in [6.45, 7) is 8.99. The van der Waals surface area contributed by atoms with E-state index in [2.05, 4.69) is 5.32 Å². The van der Waals surface area contributed by atoms with Gasteiger partial charge in [-0.15, -0.1) is 0 Å². The van der Waals surface area contributed by atoms with Gasteiger partial charge < -0.3 is 15.0 Å². The van der Waals surface area contributed by atoms with E-state index in [9.17, 15) is 18.0 Å². The molecule has 0 aromatic heterocycles. The molecule has 0 saturated carbocycles. The summed E-state index contributed by atoms with van der Waals surface area (Å²) in [4.78, 5) is 28.9. The minimum atomic E-state index is -4.18. The number of benzene rings is 4. The highest BCUT2D eigenvalue weighted by atomic mass is 32.2. The van der Waals surface area contributed by atoms with Crippen molar-refractivity contribution in [1.29, 1.82) is 0 Å². The fraction of sp³-hybridized carbons (Fsp3) is 0.278. The number of sulfonamides is 1. The summed E-state index contributed by atoms with van der Waals surface area (Å²) in [5.41, 5.74) is 3.04. The smallest absolute Gasteiger partial charge is 0.264 e. The van der Waals surface area contributed by atoms with Crippen LogP contribution in [0.2, 0.25) is 0 Å². The van der Waals surface area contributed by atoms with Gasteiger partial charge in [0.25, 0.3) is 10.0 Å². The highest BCUT2D eigenvalue weighted by Gasteiger charge is 2.33. The Kier molecular flexibility index (Phi) is 11.0. The van der Waals surface area contributed by atoms with Gasteiger partial charge in [0.1, 0.15) is 24.1 Å². The molecule has 0 spiro atoms. The Morgan fingerprint density at radius 2 is 1.44 bits per heavy atom. The maximum absolute atomic E-state index is 14.2. The molecule has 236 valence electrons. The highest BCUT2D eigenvalue weighted by molar-refractivity contribution is 7.92. The summed E-state index contributed by atoms with van der Waals surface area (Å²) in [7, 11) is -4.18. The number of aryl methyl sites for hydroxylation is 2. The third-order valence-corrected chi connectivity index (χ3v) is 9.38. The van der Waals surface area contributed by atoms with Gasteiger partial charge in [-0.2, -0.15) is 0 Å². The van der Waals surface area contributed by atoms with Gasteiger partial charge in [0.15, 0.2) is 0 Å². The van der Waals surface area contributed by atoms with Crippen molar-refractivity contribution in [1.82, 2.24) is 10.2 Å². The fourth-order valence-corrected chi connectivity index (χ4v) is 6.14. The number of carbonyl (C=O) groups is 2. The number of hydrogen-bond acceptors (Lipinski definition) is 5. The molecular formula is C36H41N3O5S. The maximum Gasteiger partial charge on any atom is 0.264 e. The van der Waals surface area contributed by atoms with Crippen LogP contribution in [-0.2, 0) is 26.2 Å². The van der Waals surface area contributed by atoms with E-state index < -0.39 is 28.5 Å². The Balaban J connectivity index is 1.70. The summed E-state index contributed by atoms with van der Waals surface area (Å²) >= 11 is 0. The second-order valence-electron chi connectivity index (χ2n) is 11.2. The predicted octanol–water partition coefficient (Wildman–Crippen LogP) is 6.62. The molecule has 8 nitrogen and oxygen atoms in total. The fourth-order valence-electron chi connectivity index (χ4n) is 4.73. The molecule has 0 fully saturated rings. The average Bonchev–Trinajstić information content (AvgIpc) is 3.03.